The minimum absolute atomic E-state index is 0.191. The van der Waals surface area contributed by atoms with E-state index in [0.29, 0.717) is 39.7 Å². The number of hydrogen-bond acceptors (Lipinski definition) is 7. The summed E-state index contributed by atoms with van der Waals surface area (Å²) in [5, 5.41) is 0.933. The van der Waals surface area contributed by atoms with Gasteiger partial charge in [0.25, 0.3) is 0 Å². The number of Topliss-reactive ketones (excluding diaryl/α,β-unsaturated/α-hetero) is 1. The predicted molar refractivity (Wildman–Crippen MR) is 138 cm³/mol. The molecule has 2 heterocycles. The smallest absolute Gasteiger partial charge is 0.343 e. The molecule has 188 valence electrons. The van der Waals surface area contributed by atoms with Crippen LogP contribution in [-0.2, 0) is 7.05 Å². The molecule has 0 atom stereocenters. The molecule has 5 rings (SSSR count). The molecule has 8 nitrogen and oxygen atoms in total. The van der Waals surface area contributed by atoms with E-state index in [1.165, 1.54) is 14.2 Å². The van der Waals surface area contributed by atoms with E-state index in [1.54, 1.807) is 50.4 Å². The van der Waals surface area contributed by atoms with Gasteiger partial charge in [0, 0.05) is 35.3 Å². The Morgan fingerprint density at radius 1 is 0.919 bits per heavy atom. The van der Waals surface area contributed by atoms with Crippen LogP contribution in [0.5, 0.6) is 28.7 Å². The summed E-state index contributed by atoms with van der Waals surface area (Å²) in [5.41, 5.74) is 3.07. The molecule has 0 radical (unpaired) electrons. The molecule has 0 saturated heterocycles. The zero-order valence-corrected chi connectivity index (χ0v) is 21.1. The molecule has 0 unspecified atom stereocenters. The van der Waals surface area contributed by atoms with Gasteiger partial charge in [-0.15, -0.1) is 0 Å². The van der Waals surface area contributed by atoms with Gasteiger partial charge < -0.3 is 28.3 Å². The number of aryl methyl sites for hydroxylation is 1. The van der Waals surface area contributed by atoms with Crippen LogP contribution in [0.3, 0.4) is 0 Å². The lowest BCUT2D eigenvalue weighted by Crippen LogP contribution is -2.10. The molecule has 37 heavy (non-hydrogen) atoms. The van der Waals surface area contributed by atoms with Crippen LogP contribution in [0, 0.1) is 6.92 Å². The normalized spacial score (nSPS) is 13.4. The van der Waals surface area contributed by atoms with Crippen LogP contribution in [0.4, 0.5) is 0 Å². The Hall–Kier alpha value is -4.72. The van der Waals surface area contributed by atoms with Crippen LogP contribution in [-0.4, -0.2) is 37.6 Å². The number of methoxy groups -OCH3 is 3. The molecule has 0 N–H and O–H groups in total. The molecule has 4 aromatic rings. The highest BCUT2D eigenvalue weighted by Gasteiger charge is 2.31. The number of hydrogen-bond donors (Lipinski definition) is 0. The van der Waals surface area contributed by atoms with Crippen LogP contribution in [0.1, 0.15) is 31.8 Å². The maximum atomic E-state index is 13.1. The van der Waals surface area contributed by atoms with Crippen LogP contribution in [0.2, 0.25) is 0 Å². The quantitative estimate of drug-likeness (QED) is 0.201. The Morgan fingerprint density at radius 3 is 2.41 bits per heavy atom. The lowest BCUT2D eigenvalue weighted by atomic mass is 10.1. The van der Waals surface area contributed by atoms with Gasteiger partial charge in [-0.05, 0) is 61.5 Å². The van der Waals surface area contributed by atoms with E-state index in [-0.39, 0.29) is 11.5 Å². The lowest BCUT2D eigenvalue weighted by Gasteiger charge is -2.12. The van der Waals surface area contributed by atoms with Gasteiger partial charge >= 0.3 is 5.97 Å². The second-order valence-corrected chi connectivity index (χ2v) is 8.54. The fraction of sp³-hybridized carbons (Fsp3) is 0.172. The summed E-state index contributed by atoms with van der Waals surface area (Å²) in [6, 6.07) is 13.7. The number of carbonyl (C=O) groups is 2. The first-order valence-electron chi connectivity index (χ1n) is 11.5. The Kier molecular flexibility index (Phi) is 6.09. The number of ketones is 1. The van der Waals surface area contributed by atoms with Crippen LogP contribution < -0.4 is 23.7 Å². The Morgan fingerprint density at radius 2 is 1.68 bits per heavy atom. The summed E-state index contributed by atoms with van der Waals surface area (Å²) < 4.78 is 29.5. The van der Waals surface area contributed by atoms with Crippen LogP contribution in [0.25, 0.3) is 17.0 Å². The highest BCUT2D eigenvalue weighted by molar-refractivity contribution is 6.15. The number of aromatic nitrogens is 1. The van der Waals surface area contributed by atoms with Gasteiger partial charge in [-0.2, -0.15) is 0 Å². The van der Waals surface area contributed by atoms with Gasteiger partial charge in [0.1, 0.15) is 17.2 Å². The number of fused-ring (bicyclic) bond motifs is 2. The van der Waals surface area contributed by atoms with Gasteiger partial charge in [-0.1, -0.05) is 0 Å². The van der Waals surface area contributed by atoms with E-state index < -0.39 is 5.97 Å². The summed E-state index contributed by atoms with van der Waals surface area (Å²) >= 11 is 0. The Labute approximate surface area is 213 Å². The second kappa shape index (κ2) is 9.39. The first-order chi connectivity index (χ1) is 17.8. The van der Waals surface area contributed by atoms with Crippen molar-refractivity contribution in [2.45, 2.75) is 6.92 Å². The summed E-state index contributed by atoms with van der Waals surface area (Å²) in [4.78, 5) is 26.0. The third-order valence-electron chi connectivity index (χ3n) is 6.37. The topological polar surface area (TPSA) is 85.2 Å². The van der Waals surface area contributed by atoms with Crippen molar-refractivity contribution < 1.29 is 33.3 Å². The number of allylic oxidation sites excluding steroid dienone is 1. The fourth-order valence-corrected chi connectivity index (χ4v) is 4.39. The van der Waals surface area contributed by atoms with Crippen molar-refractivity contribution >= 4 is 28.7 Å². The van der Waals surface area contributed by atoms with Gasteiger partial charge in [0.15, 0.2) is 17.3 Å². The minimum Gasteiger partial charge on any atom is -0.497 e. The first-order valence-corrected chi connectivity index (χ1v) is 11.5. The van der Waals surface area contributed by atoms with Crippen LogP contribution >= 0.6 is 0 Å². The molecule has 0 spiro atoms. The van der Waals surface area contributed by atoms with Gasteiger partial charge in [0.2, 0.25) is 5.78 Å². The van der Waals surface area contributed by atoms with Crippen molar-refractivity contribution in [3.8, 4) is 28.7 Å². The summed E-state index contributed by atoms with van der Waals surface area (Å²) in [6.45, 7) is 1.75. The molecule has 1 aromatic heterocycles. The molecule has 0 amide bonds. The molecule has 3 aromatic carbocycles. The van der Waals surface area contributed by atoms with Crippen molar-refractivity contribution in [3.63, 3.8) is 0 Å². The standard InChI is InChI=1S/C29H25NO7/c1-16-23(37-29(32)17-6-10-24(34-4)25(12-17)35-5)11-8-20-27(31)26(36-28(16)20)13-18-15-30(2)22-9-7-19(33-3)14-21(18)22/h6-15H,1-5H3/b26-13+. The van der Waals surface area contributed by atoms with Crippen LogP contribution in [0.15, 0.2) is 60.5 Å². The number of esters is 1. The van der Waals surface area contributed by atoms with Gasteiger partial charge in [-0.25, -0.2) is 4.79 Å². The molecular formula is C29H25NO7. The minimum atomic E-state index is -0.575. The third kappa shape index (κ3) is 4.16. The zero-order chi connectivity index (χ0) is 26.3. The van der Waals surface area contributed by atoms with Gasteiger partial charge in [0.05, 0.1) is 32.5 Å². The third-order valence-corrected chi connectivity index (χ3v) is 6.37. The van der Waals surface area contributed by atoms with Crippen molar-refractivity contribution in [1.82, 2.24) is 4.57 Å². The maximum absolute atomic E-state index is 13.1. The average molecular weight is 500 g/mol. The molecule has 0 saturated carbocycles. The van der Waals surface area contributed by atoms with Crippen molar-refractivity contribution in [2.75, 3.05) is 21.3 Å². The Balaban J connectivity index is 1.44. The van der Waals surface area contributed by atoms with E-state index in [1.807, 2.05) is 36.0 Å². The highest BCUT2D eigenvalue weighted by Crippen LogP contribution is 2.40. The monoisotopic (exact) mass is 499 g/mol. The van der Waals surface area contributed by atoms with Crippen molar-refractivity contribution in [3.05, 3.63) is 82.7 Å². The number of ether oxygens (including phenoxy) is 5. The first kappa shape index (κ1) is 24.0. The van der Waals surface area contributed by atoms with E-state index in [9.17, 15) is 9.59 Å². The number of nitrogens with zero attached hydrogens (tertiary/aromatic N) is 1. The van der Waals surface area contributed by atoms with E-state index >= 15 is 0 Å². The summed E-state index contributed by atoms with van der Waals surface area (Å²) in [6.07, 6.45) is 3.65. The van der Waals surface area contributed by atoms with E-state index in [2.05, 4.69) is 0 Å². The largest absolute Gasteiger partial charge is 0.497 e. The van der Waals surface area contributed by atoms with Gasteiger partial charge in [-0.3, -0.25) is 4.79 Å². The molecule has 0 fully saturated rings. The summed E-state index contributed by atoms with van der Waals surface area (Å²) in [7, 11) is 6.56. The van der Waals surface area contributed by atoms with Crippen molar-refractivity contribution in [1.29, 1.82) is 0 Å². The Bertz CT molecular complexity index is 1600. The second-order valence-electron chi connectivity index (χ2n) is 8.54. The predicted octanol–water partition coefficient (Wildman–Crippen LogP) is 5.35. The molecular weight excluding hydrogens is 474 g/mol. The molecule has 0 bridgehead atoms. The zero-order valence-electron chi connectivity index (χ0n) is 21.1. The number of benzene rings is 3. The SMILES string of the molecule is COc1ccc2c(c1)c(/C=C1/Oc3c(ccc(OC(=O)c4ccc(OC)c(OC)c4)c3C)C1=O)cn2C. The van der Waals surface area contributed by atoms with E-state index in [4.69, 9.17) is 23.7 Å². The lowest BCUT2D eigenvalue weighted by molar-refractivity contribution is 0.0732. The van der Waals surface area contributed by atoms with E-state index in [0.717, 1.165) is 22.2 Å². The fourth-order valence-electron chi connectivity index (χ4n) is 4.39. The molecule has 8 heteroatoms. The number of rotatable bonds is 6. The summed E-state index contributed by atoms with van der Waals surface area (Å²) in [5.74, 6) is 1.67. The highest BCUT2D eigenvalue weighted by atomic mass is 16.5. The molecule has 0 aliphatic carbocycles. The molecule has 1 aliphatic rings. The average Bonchev–Trinajstić information content (AvgIpc) is 3.40. The molecule has 1 aliphatic heterocycles. The van der Waals surface area contributed by atoms with Crippen molar-refractivity contribution in [2.24, 2.45) is 7.05 Å². The maximum Gasteiger partial charge on any atom is 0.343 e. The number of carbonyl (C=O) groups excluding carboxylic acids is 2.